The van der Waals surface area contributed by atoms with Crippen molar-refractivity contribution in [3.8, 4) is 0 Å². The molecule has 0 aliphatic carbocycles. The van der Waals surface area contributed by atoms with Crippen LogP contribution in [-0.4, -0.2) is 12.8 Å². The van der Waals surface area contributed by atoms with E-state index in [0.717, 1.165) is 0 Å². The zero-order valence-electron chi connectivity index (χ0n) is 13.4. The van der Waals surface area contributed by atoms with Gasteiger partial charge in [-0.25, -0.2) is 0 Å². The van der Waals surface area contributed by atoms with Crippen LogP contribution in [0.1, 0.15) is 96.8 Å². The summed E-state index contributed by atoms with van der Waals surface area (Å²) < 4.78 is 0. The summed E-state index contributed by atoms with van der Waals surface area (Å²) in [5.74, 6) is 0. The highest BCUT2D eigenvalue weighted by Gasteiger charge is 1.96. The molecule has 0 aromatic heterocycles. The number of hydrogen-bond acceptors (Lipinski definition) is 0. The van der Waals surface area contributed by atoms with Crippen LogP contribution in [0.3, 0.4) is 0 Å². The van der Waals surface area contributed by atoms with Gasteiger partial charge in [-0.1, -0.05) is 106 Å². The topological polar surface area (TPSA) is 0 Å². The molecule has 0 bridgehead atoms. The molecule has 0 amide bonds. The summed E-state index contributed by atoms with van der Waals surface area (Å²) >= 11 is 3.68. The minimum Gasteiger partial charge on any atom is -0.0654 e. The number of unbranched alkanes of at least 4 members (excludes halogenated alkanes) is 13. The number of rotatable bonds is 15. The third-order valence-corrected chi connectivity index (χ3v) is 5.82. The molecule has 0 aromatic carbocycles. The Labute approximate surface area is 132 Å². The maximum atomic E-state index is 3.68. The van der Waals surface area contributed by atoms with Gasteiger partial charge < -0.3 is 0 Å². The third kappa shape index (κ3) is 18.9. The molecule has 0 aliphatic rings. The van der Waals surface area contributed by atoms with Crippen molar-refractivity contribution in [3.05, 3.63) is 0 Å². The summed E-state index contributed by atoms with van der Waals surface area (Å²) in [6.45, 7) is 4.78. The van der Waals surface area contributed by atoms with E-state index in [1.807, 2.05) is 0 Å². The fraction of sp³-hybridized carbons (Fsp3) is 1.00. The Morgan fingerprint density at radius 1 is 0.579 bits per heavy atom. The van der Waals surface area contributed by atoms with Gasteiger partial charge in [0, 0.05) is 0 Å². The van der Waals surface area contributed by atoms with Gasteiger partial charge in [0.15, 0.2) is 0 Å². The predicted molar refractivity (Wildman–Crippen MR) is 97.0 cm³/mol. The zero-order chi connectivity index (χ0) is 14.2. The van der Waals surface area contributed by atoms with Gasteiger partial charge in [0.1, 0.15) is 0 Å². The Bertz CT molecular complexity index is 159. The largest absolute Gasteiger partial charge is 0.0654 e. The van der Waals surface area contributed by atoms with Crippen molar-refractivity contribution < 1.29 is 0 Å². The van der Waals surface area contributed by atoms with Gasteiger partial charge >= 0.3 is 0 Å². The molecular weight excluding hydrogens is 315 g/mol. The average molecular weight is 351 g/mol. The van der Waals surface area contributed by atoms with Crippen molar-refractivity contribution in [2.24, 2.45) is 0 Å². The van der Waals surface area contributed by atoms with E-state index in [1.165, 1.54) is 96.1 Å². The standard InChI is InChI=1S/C17H36BrP/c1-3-4-5-6-7-8-9-10-11-12-13-14-15-16-17-19(2)18/h3-17H2,1-2H3. The van der Waals surface area contributed by atoms with Gasteiger partial charge in [0.05, 0.1) is 0 Å². The Morgan fingerprint density at radius 3 is 1.21 bits per heavy atom. The average Bonchev–Trinajstić information content (AvgIpc) is 2.39. The Hall–Kier alpha value is 0.910. The molecule has 0 saturated heterocycles. The van der Waals surface area contributed by atoms with Gasteiger partial charge in [0.2, 0.25) is 0 Å². The molecule has 2 heteroatoms. The maximum absolute atomic E-state index is 3.68. The first kappa shape index (κ1) is 19.9. The third-order valence-electron chi connectivity index (χ3n) is 3.82. The predicted octanol–water partition coefficient (Wildman–Crippen LogP) is 7.89. The van der Waals surface area contributed by atoms with Crippen LogP contribution in [-0.2, 0) is 0 Å². The summed E-state index contributed by atoms with van der Waals surface area (Å²) in [5, 5.41) is 0. The lowest BCUT2D eigenvalue weighted by Gasteiger charge is -2.04. The summed E-state index contributed by atoms with van der Waals surface area (Å²) in [4.78, 5) is 0. The van der Waals surface area contributed by atoms with Crippen LogP contribution in [0, 0.1) is 0 Å². The summed E-state index contributed by atoms with van der Waals surface area (Å²) in [7, 11) is 0. The molecule has 0 aromatic rings. The van der Waals surface area contributed by atoms with E-state index in [2.05, 4.69) is 29.1 Å². The van der Waals surface area contributed by atoms with Crippen LogP contribution in [0.15, 0.2) is 0 Å². The van der Waals surface area contributed by atoms with Crippen molar-refractivity contribution in [3.63, 3.8) is 0 Å². The lowest BCUT2D eigenvalue weighted by atomic mass is 10.0. The van der Waals surface area contributed by atoms with E-state index in [0.29, 0.717) is 0 Å². The smallest absolute Gasteiger partial charge is 0.0230 e. The highest BCUT2D eigenvalue weighted by atomic mass is 79.9. The molecule has 0 radical (unpaired) electrons. The highest BCUT2D eigenvalue weighted by molar-refractivity contribution is 9.39. The first-order valence-electron chi connectivity index (χ1n) is 8.64. The fourth-order valence-electron chi connectivity index (χ4n) is 2.52. The fourth-order valence-corrected chi connectivity index (χ4v) is 3.94. The van der Waals surface area contributed by atoms with E-state index in [4.69, 9.17) is 0 Å². The molecule has 19 heavy (non-hydrogen) atoms. The van der Waals surface area contributed by atoms with Crippen LogP contribution in [0.5, 0.6) is 0 Å². The van der Waals surface area contributed by atoms with Crippen molar-refractivity contribution in [2.45, 2.75) is 96.8 Å². The minimum atomic E-state index is 0.172. The van der Waals surface area contributed by atoms with Crippen LogP contribution in [0.25, 0.3) is 0 Å². The van der Waals surface area contributed by atoms with Gasteiger partial charge in [-0.05, 0) is 25.9 Å². The van der Waals surface area contributed by atoms with Crippen molar-refractivity contribution in [1.82, 2.24) is 0 Å². The monoisotopic (exact) mass is 350 g/mol. The van der Waals surface area contributed by atoms with E-state index in [-0.39, 0.29) is 6.62 Å². The maximum Gasteiger partial charge on any atom is -0.0230 e. The first-order chi connectivity index (χ1) is 9.27. The van der Waals surface area contributed by atoms with Gasteiger partial charge in [-0.3, -0.25) is 0 Å². The molecule has 0 spiro atoms. The zero-order valence-corrected chi connectivity index (χ0v) is 15.9. The molecule has 0 saturated carbocycles. The highest BCUT2D eigenvalue weighted by Crippen LogP contribution is 2.40. The molecule has 116 valence electrons. The van der Waals surface area contributed by atoms with E-state index >= 15 is 0 Å². The molecule has 0 fully saturated rings. The lowest BCUT2D eigenvalue weighted by molar-refractivity contribution is 0.538. The van der Waals surface area contributed by atoms with Gasteiger partial charge in [-0.15, -0.1) is 0 Å². The van der Waals surface area contributed by atoms with Gasteiger partial charge in [-0.2, -0.15) is 0 Å². The molecule has 0 rings (SSSR count). The Kier molecular flexibility index (Phi) is 17.8. The summed E-state index contributed by atoms with van der Waals surface area (Å²) in [5.41, 5.74) is 0. The second-order valence-corrected chi connectivity index (χ2v) is 11.2. The van der Waals surface area contributed by atoms with Crippen LogP contribution < -0.4 is 0 Å². The minimum absolute atomic E-state index is 0.172. The van der Waals surface area contributed by atoms with Crippen LogP contribution in [0.4, 0.5) is 0 Å². The van der Waals surface area contributed by atoms with Crippen molar-refractivity contribution >= 4 is 22.1 Å². The molecule has 1 atom stereocenters. The van der Waals surface area contributed by atoms with Crippen LogP contribution >= 0.6 is 22.1 Å². The lowest BCUT2D eigenvalue weighted by Crippen LogP contribution is -1.84. The molecule has 1 unspecified atom stereocenters. The summed E-state index contributed by atoms with van der Waals surface area (Å²) in [6.07, 6.45) is 21.9. The van der Waals surface area contributed by atoms with Gasteiger partial charge in [0.25, 0.3) is 0 Å². The van der Waals surface area contributed by atoms with E-state index in [1.54, 1.807) is 0 Å². The van der Waals surface area contributed by atoms with E-state index in [9.17, 15) is 0 Å². The molecular formula is C17H36BrP. The van der Waals surface area contributed by atoms with E-state index < -0.39 is 0 Å². The van der Waals surface area contributed by atoms with Crippen LogP contribution in [0.2, 0.25) is 0 Å². The van der Waals surface area contributed by atoms with Crippen molar-refractivity contribution in [2.75, 3.05) is 12.8 Å². The molecule has 0 heterocycles. The summed E-state index contributed by atoms with van der Waals surface area (Å²) in [6, 6.07) is 0. The van der Waals surface area contributed by atoms with Crippen molar-refractivity contribution in [1.29, 1.82) is 0 Å². The second-order valence-electron chi connectivity index (χ2n) is 5.92. The first-order valence-corrected chi connectivity index (χ1v) is 12.6. The number of hydrogen-bond donors (Lipinski definition) is 0. The second kappa shape index (κ2) is 17.0. The molecule has 0 N–H and O–H groups in total. The quantitative estimate of drug-likeness (QED) is 0.208. The normalized spacial score (nSPS) is 12.8. The molecule has 0 aliphatic heterocycles. The Morgan fingerprint density at radius 2 is 0.895 bits per heavy atom. The Balaban J connectivity index is 2.91. The number of halogens is 1. The molecule has 0 nitrogen and oxygen atoms in total. The SMILES string of the molecule is CCCCCCCCCCCCCCCCP(C)Br.